The molecule has 0 spiro atoms. The molecule has 0 amide bonds. The Morgan fingerprint density at radius 3 is 1.97 bits per heavy atom. The first kappa shape index (κ1) is 21.7. The Bertz CT molecular complexity index is 953. The van der Waals surface area contributed by atoms with Crippen molar-refractivity contribution in [2.24, 2.45) is 0 Å². The van der Waals surface area contributed by atoms with Gasteiger partial charge >= 0.3 is 6.18 Å². The standard InChI is InChI=1S/C22H26F3NO2S/c1-21(2,3)16-8-10-17(11-9-16)29(27,28)18-12-14-26(15-13-18)20-7-5-4-6-19(20)22(23,24)25/h4-11,18H,12-15H2,1-3H3. The molecule has 3 nitrogen and oxygen atoms in total. The maximum atomic E-state index is 13.3. The van der Waals surface area contributed by atoms with E-state index in [1.807, 2.05) is 12.1 Å². The van der Waals surface area contributed by atoms with Crippen molar-refractivity contribution in [3.05, 3.63) is 59.7 Å². The van der Waals surface area contributed by atoms with Crippen LogP contribution in [0.3, 0.4) is 0 Å². The van der Waals surface area contributed by atoms with Gasteiger partial charge in [0.05, 0.1) is 15.7 Å². The lowest BCUT2D eigenvalue weighted by Crippen LogP contribution is -2.40. The molecule has 1 saturated heterocycles. The number of para-hydroxylation sites is 1. The van der Waals surface area contributed by atoms with E-state index in [0.29, 0.717) is 12.8 Å². The van der Waals surface area contributed by atoms with Crippen LogP contribution in [0.25, 0.3) is 0 Å². The smallest absolute Gasteiger partial charge is 0.371 e. The highest BCUT2D eigenvalue weighted by atomic mass is 32.2. The van der Waals surface area contributed by atoms with Crippen molar-refractivity contribution in [1.82, 2.24) is 0 Å². The first-order chi connectivity index (χ1) is 13.4. The summed E-state index contributed by atoms with van der Waals surface area (Å²) >= 11 is 0. The molecule has 7 heteroatoms. The maximum absolute atomic E-state index is 13.3. The van der Waals surface area contributed by atoms with E-state index in [-0.39, 0.29) is 29.1 Å². The van der Waals surface area contributed by atoms with Crippen molar-refractivity contribution in [1.29, 1.82) is 0 Å². The second-order valence-corrected chi connectivity index (χ2v) is 10.7. The molecule has 1 aliphatic rings. The number of alkyl halides is 3. The number of hydrogen-bond acceptors (Lipinski definition) is 3. The topological polar surface area (TPSA) is 37.4 Å². The molecule has 0 aliphatic carbocycles. The molecule has 0 unspecified atom stereocenters. The largest absolute Gasteiger partial charge is 0.418 e. The van der Waals surface area contributed by atoms with Gasteiger partial charge in [0.2, 0.25) is 0 Å². The van der Waals surface area contributed by atoms with Crippen LogP contribution in [0.1, 0.15) is 44.7 Å². The third kappa shape index (κ3) is 4.60. The van der Waals surface area contributed by atoms with Gasteiger partial charge in [-0.1, -0.05) is 45.0 Å². The van der Waals surface area contributed by atoms with Crippen molar-refractivity contribution in [2.75, 3.05) is 18.0 Å². The molecule has 0 aromatic heterocycles. The normalized spacial score (nSPS) is 16.8. The van der Waals surface area contributed by atoms with Crippen LogP contribution in [0.2, 0.25) is 0 Å². The molecule has 3 rings (SSSR count). The Labute approximate surface area is 170 Å². The van der Waals surface area contributed by atoms with Crippen LogP contribution in [0, 0.1) is 0 Å². The predicted octanol–water partition coefficient (Wildman–Crippen LogP) is 5.45. The van der Waals surface area contributed by atoms with Gasteiger partial charge in [-0.3, -0.25) is 0 Å². The SMILES string of the molecule is CC(C)(C)c1ccc(S(=O)(=O)C2CCN(c3ccccc3C(F)(F)F)CC2)cc1. The molecule has 0 saturated carbocycles. The number of halogens is 3. The first-order valence-electron chi connectivity index (χ1n) is 9.66. The van der Waals surface area contributed by atoms with Gasteiger partial charge in [0.1, 0.15) is 0 Å². The van der Waals surface area contributed by atoms with Gasteiger partial charge in [0.25, 0.3) is 0 Å². The van der Waals surface area contributed by atoms with Gasteiger partial charge in [-0.25, -0.2) is 8.42 Å². The summed E-state index contributed by atoms with van der Waals surface area (Å²) in [5, 5.41) is -0.586. The Morgan fingerprint density at radius 2 is 1.45 bits per heavy atom. The highest BCUT2D eigenvalue weighted by Crippen LogP contribution is 2.38. The predicted molar refractivity (Wildman–Crippen MR) is 109 cm³/mol. The highest BCUT2D eigenvalue weighted by Gasteiger charge is 2.37. The molecule has 158 valence electrons. The lowest BCUT2D eigenvalue weighted by atomic mass is 9.87. The number of piperidine rings is 1. The summed E-state index contributed by atoms with van der Waals surface area (Å²) in [7, 11) is -3.52. The number of hydrogen-bond donors (Lipinski definition) is 0. The monoisotopic (exact) mass is 425 g/mol. The van der Waals surface area contributed by atoms with Gasteiger partial charge < -0.3 is 4.90 Å². The molecule has 29 heavy (non-hydrogen) atoms. The second kappa shape index (κ2) is 7.67. The van der Waals surface area contributed by atoms with E-state index in [0.717, 1.165) is 11.6 Å². The molecule has 0 radical (unpaired) electrons. The molecule has 2 aromatic rings. The van der Waals surface area contributed by atoms with Crippen molar-refractivity contribution in [3.63, 3.8) is 0 Å². The number of nitrogens with zero attached hydrogens (tertiary/aromatic N) is 1. The molecular weight excluding hydrogens is 399 g/mol. The second-order valence-electron chi connectivity index (χ2n) is 8.52. The highest BCUT2D eigenvalue weighted by molar-refractivity contribution is 7.92. The van der Waals surface area contributed by atoms with Crippen LogP contribution >= 0.6 is 0 Å². The summed E-state index contributed by atoms with van der Waals surface area (Å²) in [4.78, 5) is 1.91. The molecule has 0 N–H and O–H groups in total. The third-order valence-corrected chi connectivity index (χ3v) is 7.76. The fraction of sp³-hybridized carbons (Fsp3) is 0.455. The lowest BCUT2D eigenvalue weighted by Gasteiger charge is -2.34. The molecule has 0 atom stereocenters. The van der Waals surface area contributed by atoms with E-state index in [4.69, 9.17) is 0 Å². The fourth-order valence-electron chi connectivity index (χ4n) is 3.73. The average molecular weight is 426 g/mol. The Morgan fingerprint density at radius 1 is 0.897 bits per heavy atom. The van der Waals surface area contributed by atoms with Gasteiger partial charge in [0, 0.05) is 18.8 Å². The van der Waals surface area contributed by atoms with E-state index in [1.165, 1.54) is 12.1 Å². The quantitative estimate of drug-likeness (QED) is 0.657. The van der Waals surface area contributed by atoms with Crippen LogP contribution in [-0.4, -0.2) is 26.8 Å². The zero-order valence-electron chi connectivity index (χ0n) is 16.8. The van der Waals surface area contributed by atoms with E-state index >= 15 is 0 Å². The van der Waals surface area contributed by atoms with E-state index < -0.39 is 26.8 Å². The van der Waals surface area contributed by atoms with Crippen molar-refractivity contribution >= 4 is 15.5 Å². The van der Waals surface area contributed by atoms with E-state index in [1.54, 1.807) is 23.1 Å². The average Bonchev–Trinajstić information content (AvgIpc) is 2.67. The summed E-state index contributed by atoms with van der Waals surface area (Å²) in [5.41, 5.74) is 0.416. The molecule has 1 aliphatic heterocycles. The first-order valence-corrected chi connectivity index (χ1v) is 11.2. The van der Waals surface area contributed by atoms with Crippen LogP contribution in [0.15, 0.2) is 53.4 Å². The minimum atomic E-state index is -4.44. The Kier molecular flexibility index (Phi) is 5.73. The summed E-state index contributed by atoms with van der Waals surface area (Å²) in [6.45, 7) is 6.73. The van der Waals surface area contributed by atoms with Crippen LogP contribution in [-0.2, 0) is 21.4 Å². The third-order valence-electron chi connectivity index (χ3n) is 5.48. The maximum Gasteiger partial charge on any atom is 0.418 e. The Balaban J connectivity index is 1.76. The van der Waals surface area contributed by atoms with Crippen molar-refractivity contribution in [2.45, 2.75) is 55.3 Å². The lowest BCUT2D eigenvalue weighted by molar-refractivity contribution is -0.137. The van der Waals surface area contributed by atoms with E-state index in [9.17, 15) is 21.6 Å². The summed E-state index contributed by atoms with van der Waals surface area (Å²) in [5.74, 6) is 0. The minimum absolute atomic E-state index is 0.0699. The zero-order chi connectivity index (χ0) is 21.4. The van der Waals surface area contributed by atoms with Crippen LogP contribution in [0.5, 0.6) is 0 Å². The number of benzene rings is 2. The molecule has 0 bridgehead atoms. The number of anilines is 1. The van der Waals surface area contributed by atoms with E-state index in [2.05, 4.69) is 20.8 Å². The van der Waals surface area contributed by atoms with Gasteiger partial charge in [-0.15, -0.1) is 0 Å². The van der Waals surface area contributed by atoms with Gasteiger partial charge in [-0.05, 0) is 48.1 Å². The zero-order valence-corrected chi connectivity index (χ0v) is 17.6. The van der Waals surface area contributed by atoms with Crippen molar-refractivity contribution in [3.8, 4) is 0 Å². The fourth-order valence-corrected chi connectivity index (χ4v) is 5.46. The van der Waals surface area contributed by atoms with Crippen LogP contribution in [0.4, 0.5) is 18.9 Å². The van der Waals surface area contributed by atoms with Crippen molar-refractivity contribution < 1.29 is 21.6 Å². The molecule has 2 aromatic carbocycles. The van der Waals surface area contributed by atoms with Crippen LogP contribution < -0.4 is 4.90 Å². The Hall–Kier alpha value is -2.02. The molecule has 1 fully saturated rings. The molecule has 1 heterocycles. The summed E-state index contributed by atoms with van der Waals surface area (Å²) in [6.07, 6.45) is -3.83. The number of sulfone groups is 1. The van der Waals surface area contributed by atoms with Gasteiger partial charge in [-0.2, -0.15) is 13.2 Å². The summed E-state index contributed by atoms with van der Waals surface area (Å²) in [6, 6.07) is 12.4. The minimum Gasteiger partial charge on any atom is -0.371 e. The van der Waals surface area contributed by atoms with Gasteiger partial charge in [0.15, 0.2) is 9.84 Å². The summed E-state index contributed by atoms with van der Waals surface area (Å²) < 4.78 is 65.9. The number of rotatable bonds is 3. The molecular formula is C22H26F3NO2S.